The third-order valence-electron chi connectivity index (χ3n) is 10.9. The van der Waals surface area contributed by atoms with Gasteiger partial charge in [0.25, 0.3) is 0 Å². The summed E-state index contributed by atoms with van der Waals surface area (Å²) >= 11 is 1.54. The molecule has 0 spiro atoms. The summed E-state index contributed by atoms with van der Waals surface area (Å²) < 4.78 is 0. The van der Waals surface area contributed by atoms with Crippen LogP contribution in [-0.4, -0.2) is 90.4 Å². The number of phenols is 1. The molecule has 4 atom stereocenters. The maximum atomic E-state index is 13.9. The van der Waals surface area contributed by atoms with Crippen LogP contribution in [0, 0.1) is 11.8 Å². The first-order chi connectivity index (χ1) is 29.3. The van der Waals surface area contributed by atoms with Gasteiger partial charge in [-0.05, 0) is 74.8 Å². The molecule has 1 rings (SSSR count). The fourth-order valence-corrected chi connectivity index (χ4v) is 7.72. The zero-order chi connectivity index (χ0) is 45.3. The highest BCUT2D eigenvalue weighted by atomic mass is 32.2. The van der Waals surface area contributed by atoms with Crippen LogP contribution in [0.25, 0.3) is 0 Å². The van der Waals surface area contributed by atoms with Crippen molar-refractivity contribution in [2.45, 2.75) is 167 Å². The normalized spacial score (nSPS) is 13.0. The van der Waals surface area contributed by atoms with E-state index in [1.54, 1.807) is 12.1 Å². The van der Waals surface area contributed by atoms with Crippen molar-refractivity contribution in [1.82, 2.24) is 21.3 Å². The van der Waals surface area contributed by atoms with Crippen molar-refractivity contribution in [3.63, 3.8) is 0 Å². The highest BCUT2D eigenvalue weighted by Gasteiger charge is 2.31. The van der Waals surface area contributed by atoms with Gasteiger partial charge in [0.15, 0.2) is 11.6 Å². The third kappa shape index (κ3) is 26.9. The van der Waals surface area contributed by atoms with Crippen LogP contribution in [0.3, 0.4) is 0 Å². The van der Waals surface area contributed by atoms with E-state index in [1.807, 2.05) is 6.26 Å². The molecule has 0 radical (unpaired) electrons. The van der Waals surface area contributed by atoms with Gasteiger partial charge in [0, 0.05) is 44.6 Å². The Morgan fingerprint density at radius 3 is 1.84 bits per heavy atom. The molecule has 9 N–H and O–H groups in total. The minimum atomic E-state index is -1.15. The highest BCUT2D eigenvalue weighted by Crippen LogP contribution is 2.20. The van der Waals surface area contributed by atoms with E-state index < -0.39 is 53.2 Å². The quantitative estimate of drug-likeness (QED) is 0.0409. The number of carbonyl (C=O) groups excluding carboxylic acids is 7. The van der Waals surface area contributed by atoms with Gasteiger partial charge in [-0.2, -0.15) is 11.8 Å². The van der Waals surface area contributed by atoms with Gasteiger partial charge in [-0.15, -0.1) is 0 Å². The number of nitrogens with two attached hydrogens (primary N) is 2. The molecule has 0 aromatic heterocycles. The summed E-state index contributed by atoms with van der Waals surface area (Å²) in [6.07, 6.45) is 19.2. The van der Waals surface area contributed by atoms with E-state index in [0.717, 1.165) is 25.7 Å². The molecule has 1 aromatic rings. The largest absolute Gasteiger partial charge is 0.508 e. The molecule has 0 heterocycles. The van der Waals surface area contributed by atoms with Crippen LogP contribution in [0.2, 0.25) is 0 Å². The number of benzene rings is 1. The predicted molar refractivity (Wildman–Crippen MR) is 244 cm³/mol. The molecule has 0 unspecified atom stereocenters. The Kier molecular flexibility index (Phi) is 31.2. The smallest absolute Gasteiger partial charge is 0.242 e. The molecule has 0 aliphatic heterocycles. The van der Waals surface area contributed by atoms with Gasteiger partial charge in [-0.3, -0.25) is 33.6 Å². The fraction of sp³-hybridized carbons (Fsp3) is 0.717. The molecule has 346 valence electrons. The molecular weight excluding hydrogens is 797 g/mol. The van der Waals surface area contributed by atoms with Crippen LogP contribution >= 0.6 is 11.8 Å². The van der Waals surface area contributed by atoms with Crippen LogP contribution in [0.4, 0.5) is 0 Å². The SMILES string of the molecule is CCCCCCCCCCCCCCCC(=O)N[C@@H](CCSC)C(=O)NCC(=O)C[C@@H](Cc1ccc(O)cc1)C(=O)N[C@@H](CCC(N)=O)C(=O)C[C@@H](CCCCN)C(=O)NC. The van der Waals surface area contributed by atoms with Gasteiger partial charge in [-0.25, -0.2) is 0 Å². The van der Waals surface area contributed by atoms with E-state index in [0.29, 0.717) is 50.0 Å². The van der Waals surface area contributed by atoms with Crippen molar-refractivity contribution in [1.29, 1.82) is 0 Å². The van der Waals surface area contributed by atoms with Crippen molar-refractivity contribution in [2.75, 3.05) is 32.1 Å². The standard InChI is InChI=1S/C46H78N6O8S/c1-4-5-6-7-8-9-10-11-12-13-14-15-16-20-43(57)51-40(27-29-61-3)46(60)50-33-38(54)31-36(30-34-21-23-37(53)24-22-34)45(59)52-39(25-26-42(48)56)41(55)32-35(44(58)49-2)19-17-18-28-47/h21-24,35-36,39-40,53H,4-20,25-33,47H2,1-3H3,(H2,48,56)(H,49,58)(H,50,60)(H,51,57)(H,52,59)/t35-,36-,39+,40+/m1/s1. The number of thioether (sulfide) groups is 1. The summed E-state index contributed by atoms with van der Waals surface area (Å²) in [5, 5.41) is 20.6. The van der Waals surface area contributed by atoms with Crippen LogP contribution in [-0.2, 0) is 40.0 Å². The van der Waals surface area contributed by atoms with Crippen LogP contribution in [0.5, 0.6) is 5.75 Å². The molecule has 0 aliphatic carbocycles. The zero-order valence-corrected chi connectivity index (χ0v) is 38.2. The number of carbonyl (C=O) groups is 7. The van der Waals surface area contributed by atoms with Crippen molar-refractivity contribution < 1.29 is 38.7 Å². The van der Waals surface area contributed by atoms with Crippen molar-refractivity contribution in [2.24, 2.45) is 23.3 Å². The number of ketones is 2. The summed E-state index contributed by atoms with van der Waals surface area (Å²) in [6.45, 7) is 2.29. The summed E-state index contributed by atoms with van der Waals surface area (Å²) in [5.41, 5.74) is 11.7. The Morgan fingerprint density at radius 1 is 0.672 bits per heavy atom. The number of hydrogen-bond acceptors (Lipinski definition) is 10. The molecule has 61 heavy (non-hydrogen) atoms. The number of rotatable bonds is 38. The number of amides is 5. The monoisotopic (exact) mass is 875 g/mol. The fourth-order valence-electron chi connectivity index (χ4n) is 7.24. The predicted octanol–water partition coefficient (Wildman–Crippen LogP) is 5.55. The minimum Gasteiger partial charge on any atom is -0.508 e. The average Bonchev–Trinajstić information content (AvgIpc) is 3.24. The van der Waals surface area contributed by atoms with Crippen molar-refractivity contribution in [3.05, 3.63) is 29.8 Å². The van der Waals surface area contributed by atoms with Gasteiger partial charge in [0.2, 0.25) is 29.5 Å². The summed E-state index contributed by atoms with van der Waals surface area (Å²) in [4.78, 5) is 91.5. The Labute approximate surface area is 369 Å². The Bertz CT molecular complexity index is 1450. The molecule has 0 saturated heterocycles. The Morgan fingerprint density at radius 2 is 1.28 bits per heavy atom. The van der Waals surface area contributed by atoms with E-state index in [2.05, 4.69) is 28.2 Å². The van der Waals surface area contributed by atoms with E-state index in [-0.39, 0.29) is 56.2 Å². The molecule has 0 fully saturated rings. The number of nitrogens with one attached hydrogen (secondary N) is 4. The van der Waals surface area contributed by atoms with Crippen LogP contribution < -0.4 is 32.7 Å². The van der Waals surface area contributed by atoms with E-state index in [1.165, 1.54) is 88.7 Å². The van der Waals surface area contributed by atoms with Gasteiger partial charge >= 0.3 is 0 Å². The van der Waals surface area contributed by atoms with E-state index in [4.69, 9.17) is 11.5 Å². The first kappa shape index (κ1) is 55.0. The molecule has 0 bridgehead atoms. The molecule has 5 amide bonds. The lowest BCUT2D eigenvalue weighted by Gasteiger charge is -2.24. The third-order valence-corrected chi connectivity index (χ3v) is 11.6. The number of primary amides is 1. The molecule has 14 nitrogen and oxygen atoms in total. The average molecular weight is 875 g/mol. The second-order valence-corrected chi connectivity index (χ2v) is 17.2. The van der Waals surface area contributed by atoms with E-state index >= 15 is 0 Å². The summed E-state index contributed by atoms with van der Waals surface area (Å²) in [5.74, 6) is -4.26. The molecule has 1 aromatic carbocycles. The topological polar surface area (TPSA) is 240 Å². The van der Waals surface area contributed by atoms with Crippen LogP contribution in [0.15, 0.2) is 24.3 Å². The lowest BCUT2D eigenvalue weighted by molar-refractivity contribution is -0.134. The lowest BCUT2D eigenvalue weighted by Crippen LogP contribution is -2.48. The van der Waals surface area contributed by atoms with Crippen LogP contribution in [0.1, 0.15) is 154 Å². The number of unbranched alkanes of at least 4 members (excludes halogenated alkanes) is 13. The second kappa shape index (κ2) is 34.6. The first-order valence-electron chi connectivity index (χ1n) is 22.7. The maximum absolute atomic E-state index is 13.9. The maximum Gasteiger partial charge on any atom is 0.242 e. The molecule has 15 heteroatoms. The van der Waals surface area contributed by atoms with E-state index in [9.17, 15) is 38.7 Å². The molecule has 0 saturated carbocycles. The summed E-state index contributed by atoms with van der Waals surface area (Å²) in [7, 11) is 1.48. The van der Waals surface area contributed by atoms with Gasteiger partial charge < -0.3 is 37.8 Å². The highest BCUT2D eigenvalue weighted by molar-refractivity contribution is 7.98. The van der Waals surface area contributed by atoms with Crippen molar-refractivity contribution in [3.8, 4) is 5.75 Å². The second-order valence-electron chi connectivity index (χ2n) is 16.3. The van der Waals surface area contributed by atoms with Gasteiger partial charge in [0.1, 0.15) is 11.8 Å². The number of aromatic hydroxyl groups is 1. The lowest BCUT2D eigenvalue weighted by atomic mass is 9.90. The van der Waals surface area contributed by atoms with Gasteiger partial charge in [0.05, 0.1) is 12.6 Å². The number of phenolic OH excluding ortho intramolecular Hbond substituents is 1. The first-order valence-corrected chi connectivity index (χ1v) is 24.1. The summed E-state index contributed by atoms with van der Waals surface area (Å²) in [6, 6.07) is 4.16. The Hall–Kier alpha value is -3.98. The molecule has 0 aliphatic rings. The Balaban J connectivity index is 2.88. The van der Waals surface area contributed by atoms with Gasteiger partial charge in [-0.1, -0.05) is 103 Å². The van der Waals surface area contributed by atoms with Crippen molar-refractivity contribution >= 4 is 52.9 Å². The minimum absolute atomic E-state index is 0.0187. The zero-order valence-electron chi connectivity index (χ0n) is 37.4. The number of Topliss-reactive ketones (excluding diaryl/α,β-unsaturated/α-hetero) is 2. The molecular formula is C46H78N6O8S. The number of hydrogen-bond donors (Lipinski definition) is 7.